The maximum atomic E-state index is 13.0. The van der Waals surface area contributed by atoms with Gasteiger partial charge in [-0.05, 0) is 57.9 Å². The van der Waals surface area contributed by atoms with E-state index in [1.165, 1.54) is 12.1 Å². The fourth-order valence-electron chi connectivity index (χ4n) is 2.95. The van der Waals surface area contributed by atoms with E-state index in [4.69, 9.17) is 0 Å². The van der Waals surface area contributed by atoms with Crippen LogP contribution in [0.5, 0.6) is 0 Å². The molecule has 130 valence electrons. The molecule has 1 saturated heterocycles. The van der Waals surface area contributed by atoms with Crippen LogP contribution in [0, 0.1) is 5.82 Å². The van der Waals surface area contributed by atoms with Crippen molar-refractivity contribution in [3.05, 3.63) is 42.0 Å². The van der Waals surface area contributed by atoms with Crippen LogP contribution in [0.4, 0.5) is 10.1 Å². The van der Waals surface area contributed by atoms with Crippen LogP contribution in [-0.2, 0) is 12.1 Å². The molecule has 1 aromatic heterocycles. The van der Waals surface area contributed by atoms with Crippen molar-refractivity contribution in [1.29, 1.82) is 0 Å². The highest BCUT2D eigenvalue weighted by Crippen LogP contribution is 2.19. The Morgan fingerprint density at radius 3 is 2.42 bits per heavy atom. The molecular formula is C18H26FN5. The van der Waals surface area contributed by atoms with Crippen LogP contribution in [0.15, 0.2) is 30.5 Å². The number of rotatable bonds is 4. The molecule has 2 heterocycles. The number of likely N-dealkylation sites (tertiary alicyclic amines) is 1. The number of hydrogen-bond acceptors (Lipinski definition) is 4. The molecule has 0 saturated carbocycles. The first-order valence-electron chi connectivity index (χ1n) is 8.56. The molecule has 0 aliphatic carbocycles. The normalized spacial score (nSPS) is 17.2. The SMILES string of the molecule is CC(C)(C)n1cc(CN2CCC(Nc3ccc(F)cc3)CC2)nn1. The van der Waals surface area contributed by atoms with E-state index in [0.29, 0.717) is 6.04 Å². The van der Waals surface area contributed by atoms with Gasteiger partial charge >= 0.3 is 0 Å². The fourth-order valence-corrected chi connectivity index (χ4v) is 2.95. The van der Waals surface area contributed by atoms with Gasteiger partial charge in [-0.1, -0.05) is 5.21 Å². The molecule has 0 atom stereocenters. The molecule has 1 fully saturated rings. The zero-order valence-electron chi connectivity index (χ0n) is 14.7. The summed E-state index contributed by atoms with van der Waals surface area (Å²) in [7, 11) is 0. The first-order chi connectivity index (χ1) is 11.4. The lowest BCUT2D eigenvalue weighted by atomic mass is 10.0. The van der Waals surface area contributed by atoms with E-state index < -0.39 is 0 Å². The summed E-state index contributed by atoms with van der Waals surface area (Å²) < 4.78 is 14.9. The van der Waals surface area contributed by atoms with E-state index in [9.17, 15) is 4.39 Å². The molecule has 24 heavy (non-hydrogen) atoms. The summed E-state index contributed by atoms with van der Waals surface area (Å²) in [5, 5.41) is 12.0. The molecule has 0 radical (unpaired) electrons. The third-order valence-electron chi connectivity index (χ3n) is 4.42. The summed E-state index contributed by atoms with van der Waals surface area (Å²) in [6, 6.07) is 7.03. The lowest BCUT2D eigenvalue weighted by molar-refractivity contribution is 0.209. The van der Waals surface area contributed by atoms with Crippen LogP contribution in [0.1, 0.15) is 39.3 Å². The average Bonchev–Trinajstić information content (AvgIpc) is 3.00. The van der Waals surface area contributed by atoms with Crippen molar-refractivity contribution in [2.75, 3.05) is 18.4 Å². The quantitative estimate of drug-likeness (QED) is 0.934. The highest BCUT2D eigenvalue weighted by Gasteiger charge is 2.21. The Balaban J connectivity index is 1.48. The van der Waals surface area contributed by atoms with Gasteiger partial charge in [0.25, 0.3) is 0 Å². The minimum Gasteiger partial charge on any atom is -0.382 e. The molecule has 0 spiro atoms. The van der Waals surface area contributed by atoms with Gasteiger partial charge in [0.15, 0.2) is 0 Å². The number of halogens is 1. The zero-order chi connectivity index (χ0) is 17.2. The molecular weight excluding hydrogens is 305 g/mol. The molecule has 0 unspecified atom stereocenters. The van der Waals surface area contributed by atoms with Crippen molar-refractivity contribution >= 4 is 5.69 Å². The second-order valence-corrected chi connectivity index (χ2v) is 7.53. The van der Waals surface area contributed by atoms with Gasteiger partial charge in [-0.15, -0.1) is 5.10 Å². The summed E-state index contributed by atoms with van der Waals surface area (Å²) >= 11 is 0. The van der Waals surface area contributed by atoms with Crippen LogP contribution >= 0.6 is 0 Å². The average molecular weight is 331 g/mol. The smallest absolute Gasteiger partial charge is 0.123 e. The Bertz CT molecular complexity index is 651. The van der Waals surface area contributed by atoms with Gasteiger partial charge in [-0.25, -0.2) is 9.07 Å². The number of hydrogen-bond donors (Lipinski definition) is 1. The fraction of sp³-hybridized carbons (Fsp3) is 0.556. The Morgan fingerprint density at radius 2 is 1.83 bits per heavy atom. The Morgan fingerprint density at radius 1 is 1.17 bits per heavy atom. The summed E-state index contributed by atoms with van der Waals surface area (Å²) in [6.07, 6.45) is 4.19. The van der Waals surface area contributed by atoms with Crippen LogP contribution in [0.25, 0.3) is 0 Å². The second-order valence-electron chi connectivity index (χ2n) is 7.53. The lowest BCUT2D eigenvalue weighted by Crippen LogP contribution is -2.38. The third-order valence-corrected chi connectivity index (χ3v) is 4.42. The molecule has 1 aliphatic heterocycles. The Hall–Kier alpha value is -1.95. The van der Waals surface area contributed by atoms with Crippen molar-refractivity contribution in [2.45, 2.75) is 51.7 Å². The topological polar surface area (TPSA) is 46.0 Å². The van der Waals surface area contributed by atoms with Crippen molar-refractivity contribution in [2.24, 2.45) is 0 Å². The molecule has 1 aliphatic rings. The van der Waals surface area contributed by atoms with Crippen LogP contribution in [0.3, 0.4) is 0 Å². The molecule has 3 rings (SSSR count). The number of nitrogens with one attached hydrogen (secondary N) is 1. The Labute approximate surface area is 142 Å². The monoisotopic (exact) mass is 331 g/mol. The van der Waals surface area contributed by atoms with Crippen LogP contribution < -0.4 is 5.32 Å². The summed E-state index contributed by atoms with van der Waals surface area (Å²) in [4.78, 5) is 2.42. The maximum Gasteiger partial charge on any atom is 0.123 e. The largest absolute Gasteiger partial charge is 0.382 e. The minimum absolute atomic E-state index is 0.0304. The van der Waals surface area contributed by atoms with E-state index in [0.717, 1.165) is 43.9 Å². The van der Waals surface area contributed by atoms with Gasteiger partial charge in [-0.3, -0.25) is 4.90 Å². The summed E-state index contributed by atoms with van der Waals surface area (Å²) in [5.41, 5.74) is 1.98. The molecule has 0 bridgehead atoms. The molecule has 0 amide bonds. The number of nitrogens with zero attached hydrogens (tertiary/aromatic N) is 4. The molecule has 6 heteroatoms. The van der Waals surface area contributed by atoms with Gasteiger partial charge in [0, 0.05) is 31.4 Å². The minimum atomic E-state index is -0.196. The summed E-state index contributed by atoms with van der Waals surface area (Å²) in [6.45, 7) is 9.27. The van der Waals surface area contributed by atoms with Crippen molar-refractivity contribution in [3.8, 4) is 0 Å². The van der Waals surface area contributed by atoms with Crippen LogP contribution in [-0.4, -0.2) is 39.0 Å². The lowest BCUT2D eigenvalue weighted by Gasteiger charge is -2.32. The van der Waals surface area contributed by atoms with Gasteiger partial charge in [0.2, 0.25) is 0 Å². The van der Waals surface area contributed by atoms with Gasteiger partial charge in [-0.2, -0.15) is 0 Å². The van der Waals surface area contributed by atoms with E-state index in [1.807, 2.05) is 10.9 Å². The number of anilines is 1. The van der Waals surface area contributed by atoms with Gasteiger partial charge in [0.1, 0.15) is 5.82 Å². The second kappa shape index (κ2) is 6.89. The van der Waals surface area contributed by atoms with Crippen molar-refractivity contribution in [1.82, 2.24) is 19.9 Å². The van der Waals surface area contributed by atoms with E-state index in [-0.39, 0.29) is 11.4 Å². The standard InChI is InChI=1S/C18H26FN5/c1-18(2,3)24-13-17(21-22-24)12-23-10-8-16(9-11-23)20-15-6-4-14(19)5-7-15/h4-7,13,16,20H,8-12H2,1-3H3. The van der Waals surface area contributed by atoms with Crippen molar-refractivity contribution in [3.63, 3.8) is 0 Å². The third kappa shape index (κ3) is 4.32. The zero-order valence-corrected chi connectivity index (χ0v) is 14.7. The predicted molar refractivity (Wildman–Crippen MR) is 93.3 cm³/mol. The molecule has 1 aromatic carbocycles. The van der Waals surface area contributed by atoms with Gasteiger partial charge in [0.05, 0.1) is 17.4 Å². The molecule has 2 aromatic rings. The van der Waals surface area contributed by atoms with Crippen molar-refractivity contribution < 1.29 is 4.39 Å². The van der Waals surface area contributed by atoms with E-state index >= 15 is 0 Å². The number of piperidine rings is 1. The van der Waals surface area contributed by atoms with Crippen LogP contribution in [0.2, 0.25) is 0 Å². The highest BCUT2D eigenvalue weighted by molar-refractivity contribution is 5.43. The highest BCUT2D eigenvalue weighted by atomic mass is 19.1. The number of benzene rings is 1. The summed E-state index contributed by atoms with van der Waals surface area (Å²) in [5.74, 6) is -0.196. The maximum absolute atomic E-state index is 13.0. The van der Waals surface area contributed by atoms with Gasteiger partial charge < -0.3 is 5.32 Å². The van der Waals surface area contributed by atoms with E-state index in [2.05, 4.69) is 41.3 Å². The predicted octanol–water partition coefficient (Wildman–Crippen LogP) is 3.25. The molecule has 5 nitrogen and oxygen atoms in total. The van der Waals surface area contributed by atoms with E-state index in [1.54, 1.807) is 12.1 Å². The first kappa shape index (κ1) is 16.9. The number of aromatic nitrogens is 3. The molecule has 1 N–H and O–H groups in total. The first-order valence-corrected chi connectivity index (χ1v) is 8.56. The Kier molecular flexibility index (Phi) is 4.85.